The minimum Gasteiger partial charge on any atom is -0.368 e. The highest BCUT2D eigenvalue weighted by molar-refractivity contribution is 5.91. The van der Waals surface area contributed by atoms with Gasteiger partial charge in [0, 0.05) is 18.5 Å². The van der Waals surface area contributed by atoms with E-state index >= 15 is 0 Å². The largest absolute Gasteiger partial charge is 0.368 e. The second-order valence-electron chi connectivity index (χ2n) is 6.38. The van der Waals surface area contributed by atoms with Crippen LogP contribution in [0.5, 0.6) is 0 Å². The third-order valence-corrected chi connectivity index (χ3v) is 4.04. The summed E-state index contributed by atoms with van der Waals surface area (Å²) < 4.78 is 0. The molecule has 6 nitrogen and oxygen atoms in total. The molecule has 2 aromatic carbocycles. The fourth-order valence-corrected chi connectivity index (χ4v) is 2.66. The lowest BCUT2D eigenvalue weighted by Gasteiger charge is -2.16. The van der Waals surface area contributed by atoms with Crippen molar-refractivity contribution in [3.05, 3.63) is 65.7 Å². The van der Waals surface area contributed by atoms with Crippen LogP contribution in [0.2, 0.25) is 0 Å². The van der Waals surface area contributed by atoms with Crippen LogP contribution >= 0.6 is 0 Å². The summed E-state index contributed by atoms with van der Waals surface area (Å²) in [4.78, 5) is 35.5. The molecule has 0 bridgehead atoms. The zero-order valence-corrected chi connectivity index (χ0v) is 15.4. The first-order valence-electron chi connectivity index (χ1n) is 8.99. The lowest BCUT2D eigenvalue weighted by molar-refractivity contribution is -0.127. The summed E-state index contributed by atoms with van der Waals surface area (Å²) in [6.07, 6.45) is 1.74. The van der Waals surface area contributed by atoms with Gasteiger partial charge in [-0.2, -0.15) is 0 Å². The maximum atomic E-state index is 12.3. The van der Waals surface area contributed by atoms with Crippen molar-refractivity contribution in [2.24, 2.45) is 5.73 Å². The van der Waals surface area contributed by atoms with Crippen LogP contribution in [0.3, 0.4) is 0 Å². The second kappa shape index (κ2) is 10.1. The molecule has 0 saturated carbocycles. The number of benzene rings is 2. The maximum Gasteiger partial charge on any atom is 0.240 e. The van der Waals surface area contributed by atoms with Gasteiger partial charge < -0.3 is 16.4 Å². The molecule has 0 spiro atoms. The maximum absolute atomic E-state index is 12.3. The fourth-order valence-electron chi connectivity index (χ4n) is 2.66. The molecule has 0 fully saturated rings. The molecule has 0 aromatic heterocycles. The quantitative estimate of drug-likeness (QED) is 0.633. The van der Waals surface area contributed by atoms with Crippen molar-refractivity contribution in [2.45, 2.75) is 38.6 Å². The predicted octanol–water partition coefficient (Wildman–Crippen LogP) is 2.18. The topological polar surface area (TPSA) is 101 Å². The van der Waals surface area contributed by atoms with E-state index in [1.165, 1.54) is 0 Å². The second-order valence-corrected chi connectivity index (χ2v) is 6.38. The third-order valence-electron chi connectivity index (χ3n) is 4.04. The van der Waals surface area contributed by atoms with Crippen molar-refractivity contribution in [3.8, 4) is 0 Å². The van der Waals surface area contributed by atoms with Crippen LogP contribution in [0.4, 0.5) is 5.69 Å². The number of amides is 3. The van der Waals surface area contributed by atoms with E-state index in [0.29, 0.717) is 18.5 Å². The number of carbonyl (C=O) groups excluding carboxylic acids is 3. The number of rotatable bonds is 9. The standard InChI is InChI=1S/C21H25N3O3/c1-2-6-19(25)23-17-11-9-16(10-12-17)14-20(26)24-18(21(22)27)13-15-7-4-3-5-8-15/h3-5,7-12,18H,2,6,13-14H2,1H3,(H2,22,27)(H,23,25)(H,24,26)/t18-/m0/s1. The first-order chi connectivity index (χ1) is 13.0. The van der Waals surface area contributed by atoms with E-state index in [1.807, 2.05) is 37.3 Å². The number of carbonyl (C=O) groups is 3. The van der Waals surface area contributed by atoms with Crippen LogP contribution in [0, 0.1) is 0 Å². The summed E-state index contributed by atoms with van der Waals surface area (Å²) in [5, 5.41) is 5.49. The van der Waals surface area contributed by atoms with E-state index in [2.05, 4.69) is 10.6 Å². The zero-order chi connectivity index (χ0) is 19.6. The normalized spacial score (nSPS) is 11.4. The fraction of sp³-hybridized carbons (Fsp3) is 0.286. The van der Waals surface area contributed by atoms with Crippen LogP contribution in [-0.2, 0) is 27.2 Å². The summed E-state index contributed by atoms with van der Waals surface area (Å²) in [7, 11) is 0. The van der Waals surface area contributed by atoms with Gasteiger partial charge in [0.2, 0.25) is 17.7 Å². The zero-order valence-electron chi connectivity index (χ0n) is 15.4. The van der Waals surface area contributed by atoms with Gasteiger partial charge in [-0.3, -0.25) is 14.4 Å². The molecule has 3 amide bonds. The Hall–Kier alpha value is -3.15. The number of primary amides is 1. The first-order valence-corrected chi connectivity index (χ1v) is 8.99. The molecular formula is C21H25N3O3. The minimum atomic E-state index is -0.757. The highest BCUT2D eigenvalue weighted by atomic mass is 16.2. The van der Waals surface area contributed by atoms with Crippen LogP contribution in [-0.4, -0.2) is 23.8 Å². The van der Waals surface area contributed by atoms with E-state index in [4.69, 9.17) is 5.73 Å². The summed E-state index contributed by atoms with van der Waals surface area (Å²) in [5.74, 6) is -0.883. The van der Waals surface area contributed by atoms with Crippen LogP contribution in [0.15, 0.2) is 54.6 Å². The molecule has 0 aliphatic carbocycles. The molecule has 0 heterocycles. The van der Waals surface area contributed by atoms with Crippen LogP contribution < -0.4 is 16.4 Å². The molecule has 2 rings (SSSR count). The number of anilines is 1. The molecule has 2 aromatic rings. The molecule has 0 radical (unpaired) electrons. The Balaban J connectivity index is 1.91. The molecule has 0 aliphatic heterocycles. The Kier molecular flexibility index (Phi) is 7.55. The van der Waals surface area contributed by atoms with Crippen molar-refractivity contribution in [1.82, 2.24) is 5.32 Å². The van der Waals surface area contributed by atoms with Crippen molar-refractivity contribution in [2.75, 3.05) is 5.32 Å². The summed E-state index contributed by atoms with van der Waals surface area (Å²) in [6.45, 7) is 1.94. The Morgan fingerprint density at radius 2 is 1.59 bits per heavy atom. The molecule has 142 valence electrons. The number of nitrogens with two attached hydrogens (primary N) is 1. The Labute approximate surface area is 159 Å². The van der Waals surface area contributed by atoms with Gasteiger partial charge in [0.25, 0.3) is 0 Å². The predicted molar refractivity (Wildman–Crippen MR) is 105 cm³/mol. The minimum absolute atomic E-state index is 0.0341. The lowest BCUT2D eigenvalue weighted by atomic mass is 10.0. The van der Waals surface area contributed by atoms with Gasteiger partial charge in [-0.05, 0) is 29.7 Å². The number of hydrogen-bond acceptors (Lipinski definition) is 3. The molecular weight excluding hydrogens is 342 g/mol. The van der Waals surface area contributed by atoms with Gasteiger partial charge in [0.15, 0.2) is 0 Å². The molecule has 4 N–H and O–H groups in total. The molecule has 0 saturated heterocycles. The van der Waals surface area contributed by atoms with Crippen molar-refractivity contribution < 1.29 is 14.4 Å². The SMILES string of the molecule is CCCC(=O)Nc1ccc(CC(=O)N[C@@H](Cc2ccccc2)C(N)=O)cc1. The summed E-state index contributed by atoms with van der Waals surface area (Å²) >= 11 is 0. The molecule has 0 unspecified atom stereocenters. The van der Waals surface area contributed by atoms with E-state index in [-0.39, 0.29) is 18.2 Å². The van der Waals surface area contributed by atoms with E-state index in [0.717, 1.165) is 17.5 Å². The van der Waals surface area contributed by atoms with Gasteiger partial charge in [0.05, 0.1) is 6.42 Å². The third kappa shape index (κ3) is 6.93. The number of nitrogens with one attached hydrogen (secondary N) is 2. The summed E-state index contributed by atoms with van der Waals surface area (Å²) in [5.41, 5.74) is 7.82. The Morgan fingerprint density at radius 1 is 0.926 bits per heavy atom. The van der Waals surface area contributed by atoms with Gasteiger partial charge in [0.1, 0.15) is 6.04 Å². The lowest BCUT2D eigenvalue weighted by Crippen LogP contribution is -2.46. The van der Waals surface area contributed by atoms with Crippen molar-refractivity contribution in [1.29, 1.82) is 0 Å². The van der Waals surface area contributed by atoms with Crippen LogP contribution in [0.1, 0.15) is 30.9 Å². The van der Waals surface area contributed by atoms with Gasteiger partial charge in [-0.25, -0.2) is 0 Å². The van der Waals surface area contributed by atoms with Crippen LogP contribution in [0.25, 0.3) is 0 Å². The van der Waals surface area contributed by atoms with Crippen molar-refractivity contribution >= 4 is 23.4 Å². The highest BCUT2D eigenvalue weighted by Crippen LogP contribution is 2.11. The molecule has 1 atom stereocenters. The first kappa shape index (κ1) is 20.2. The van der Waals surface area contributed by atoms with Gasteiger partial charge in [-0.1, -0.05) is 49.4 Å². The van der Waals surface area contributed by atoms with E-state index < -0.39 is 11.9 Å². The molecule has 27 heavy (non-hydrogen) atoms. The highest BCUT2D eigenvalue weighted by Gasteiger charge is 2.18. The van der Waals surface area contributed by atoms with E-state index in [1.54, 1.807) is 24.3 Å². The van der Waals surface area contributed by atoms with Gasteiger partial charge in [-0.15, -0.1) is 0 Å². The number of hydrogen-bond donors (Lipinski definition) is 3. The smallest absolute Gasteiger partial charge is 0.240 e. The Bertz CT molecular complexity index is 773. The van der Waals surface area contributed by atoms with E-state index in [9.17, 15) is 14.4 Å². The summed E-state index contributed by atoms with van der Waals surface area (Å²) in [6, 6.07) is 15.7. The average molecular weight is 367 g/mol. The van der Waals surface area contributed by atoms with Crippen molar-refractivity contribution in [3.63, 3.8) is 0 Å². The molecule has 6 heteroatoms. The molecule has 0 aliphatic rings. The average Bonchev–Trinajstić information content (AvgIpc) is 2.64. The van der Waals surface area contributed by atoms with Gasteiger partial charge >= 0.3 is 0 Å². The monoisotopic (exact) mass is 367 g/mol. The Morgan fingerprint density at radius 3 is 2.19 bits per heavy atom.